The lowest BCUT2D eigenvalue weighted by molar-refractivity contribution is 0.236. The standard InChI is InChI=1S/C16H22N4OS/c1-4-13(14-8-6-10-22-14)19-16(21)17-11-12-7-5-9-15(18-12)20(2)3/h5-10,13H,4,11H2,1-3H3,(H2,17,19,21). The van der Waals surface area contributed by atoms with Gasteiger partial charge in [-0.3, -0.25) is 0 Å². The van der Waals surface area contributed by atoms with Crippen molar-refractivity contribution >= 4 is 23.2 Å². The molecule has 2 aromatic heterocycles. The maximum Gasteiger partial charge on any atom is 0.315 e. The fourth-order valence-electron chi connectivity index (χ4n) is 2.06. The molecule has 2 rings (SSSR count). The number of urea groups is 1. The molecule has 0 aliphatic carbocycles. The minimum Gasteiger partial charge on any atom is -0.363 e. The molecule has 2 N–H and O–H groups in total. The van der Waals surface area contributed by atoms with Gasteiger partial charge in [0.05, 0.1) is 18.3 Å². The highest BCUT2D eigenvalue weighted by Crippen LogP contribution is 2.21. The van der Waals surface area contributed by atoms with Crippen LogP contribution < -0.4 is 15.5 Å². The van der Waals surface area contributed by atoms with Gasteiger partial charge in [-0.15, -0.1) is 11.3 Å². The summed E-state index contributed by atoms with van der Waals surface area (Å²) in [4.78, 5) is 19.6. The van der Waals surface area contributed by atoms with Gasteiger partial charge in [-0.1, -0.05) is 19.1 Å². The number of anilines is 1. The Balaban J connectivity index is 1.88. The van der Waals surface area contributed by atoms with Gasteiger partial charge in [0.1, 0.15) is 5.82 Å². The second-order valence-electron chi connectivity index (χ2n) is 5.18. The van der Waals surface area contributed by atoms with Crippen molar-refractivity contribution in [1.29, 1.82) is 0 Å². The third kappa shape index (κ3) is 4.46. The molecule has 0 aliphatic rings. The van der Waals surface area contributed by atoms with Crippen molar-refractivity contribution in [1.82, 2.24) is 15.6 Å². The van der Waals surface area contributed by atoms with Crippen LogP contribution in [0.2, 0.25) is 0 Å². The number of nitrogens with one attached hydrogen (secondary N) is 2. The summed E-state index contributed by atoms with van der Waals surface area (Å²) in [6, 6.07) is 9.72. The zero-order valence-corrected chi connectivity index (χ0v) is 14.0. The molecule has 1 unspecified atom stereocenters. The molecular weight excluding hydrogens is 296 g/mol. The van der Waals surface area contributed by atoms with Crippen molar-refractivity contribution in [3.05, 3.63) is 46.3 Å². The van der Waals surface area contributed by atoms with Gasteiger partial charge in [-0.2, -0.15) is 0 Å². The van der Waals surface area contributed by atoms with Crippen LogP contribution in [0.4, 0.5) is 10.6 Å². The Labute approximate surface area is 135 Å². The van der Waals surface area contributed by atoms with Gasteiger partial charge < -0.3 is 15.5 Å². The highest BCUT2D eigenvalue weighted by atomic mass is 32.1. The molecule has 2 amide bonds. The molecule has 22 heavy (non-hydrogen) atoms. The molecule has 2 heterocycles. The zero-order valence-electron chi connectivity index (χ0n) is 13.2. The molecule has 0 aliphatic heterocycles. The molecule has 0 spiro atoms. The number of pyridine rings is 1. The van der Waals surface area contributed by atoms with E-state index < -0.39 is 0 Å². The van der Waals surface area contributed by atoms with E-state index in [0.717, 1.165) is 17.9 Å². The minimum atomic E-state index is -0.169. The fraction of sp³-hybridized carbons (Fsp3) is 0.375. The highest BCUT2D eigenvalue weighted by Gasteiger charge is 2.13. The second-order valence-corrected chi connectivity index (χ2v) is 6.16. The van der Waals surface area contributed by atoms with E-state index >= 15 is 0 Å². The van der Waals surface area contributed by atoms with Gasteiger partial charge in [0.15, 0.2) is 0 Å². The van der Waals surface area contributed by atoms with E-state index in [-0.39, 0.29) is 12.1 Å². The van der Waals surface area contributed by atoms with Crippen LogP contribution in [0.3, 0.4) is 0 Å². The normalized spacial score (nSPS) is 11.8. The summed E-state index contributed by atoms with van der Waals surface area (Å²) < 4.78 is 0. The molecule has 0 saturated carbocycles. The fourth-order valence-corrected chi connectivity index (χ4v) is 2.92. The Kier molecular flexibility index (Phi) is 5.77. The molecule has 0 saturated heterocycles. The van der Waals surface area contributed by atoms with E-state index in [4.69, 9.17) is 0 Å². The lowest BCUT2D eigenvalue weighted by atomic mass is 10.2. The van der Waals surface area contributed by atoms with Gasteiger partial charge in [-0.05, 0) is 30.0 Å². The van der Waals surface area contributed by atoms with Crippen LogP contribution >= 0.6 is 11.3 Å². The van der Waals surface area contributed by atoms with Gasteiger partial charge in [0.25, 0.3) is 0 Å². The largest absolute Gasteiger partial charge is 0.363 e. The zero-order chi connectivity index (χ0) is 15.9. The number of carbonyl (C=O) groups excluding carboxylic acids is 1. The Bertz CT molecular complexity index is 598. The first-order valence-corrected chi connectivity index (χ1v) is 8.19. The van der Waals surface area contributed by atoms with Gasteiger partial charge >= 0.3 is 6.03 Å². The number of thiophene rings is 1. The smallest absolute Gasteiger partial charge is 0.315 e. The number of aromatic nitrogens is 1. The highest BCUT2D eigenvalue weighted by molar-refractivity contribution is 7.10. The first kappa shape index (κ1) is 16.3. The lowest BCUT2D eigenvalue weighted by Gasteiger charge is -2.16. The molecule has 0 fully saturated rings. The molecule has 0 bridgehead atoms. The van der Waals surface area contributed by atoms with Gasteiger partial charge in [0.2, 0.25) is 0 Å². The Morgan fingerprint density at radius 2 is 2.14 bits per heavy atom. The van der Waals surface area contributed by atoms with E-state index in [9.17, 15) is 4.79 Å². The first-order chi connectivity index (χ1) is 10.6. The van der Waals surface area contributed by atoms with Crippen LogP contribution in [-0.2, 0) is 6.54 Å². The maximum absolute atomic E-state index is 12.0. The molecule has 0 aromatic carbocycles. The average Bonchev–Trinajstić information content (AvgIpc) is 3.05. The third-order valence-electron chi connectivity index (χ3n) is 3.28. The van der Waals surface area contributed by atoms with Crippen molar-refractivity contribution < 1.29 is 4.79 Å². The van der Waals surface area contributed by atoms with Crippen molar-refractivity contribution in [3.8, 4) is 0 Å². The van der Waals surface area contributed by atoms with Gasteiger partial charge in [-0.25, -0.2) is 9.78 Å². The van der Waals surface area contributed by atoms with Crippen LogP contribution in [0.1, 0.15) is 30.0 Å². The summed E-state index contributed by atoms with van der Waals surface area (Å²) in [5.41, 5.74) is 0.838. The number of amides is 2. The average molecular weight is 318 g/mol. The number of hydrogen-bond acceptors (Lipinski definition) is 4. The van der Waals surface area contributed by atoms with E-state index in [1.54, 1.807) is 11.3 Å². The number of nitrogens with zero attached hydrogens (tertiary/aromatic N) is 2. The Morgan fingerprint density at radius 3 is 2.77 bits per heavy atom. The maximum atomic E-state index is 12.0. The number of rotatable bonds is 6. The molecule has 5 nitrogen and oxygen atoms in total. The molecule has 6 heteroatoms. The van der Waals surface area contributed by atoms with E-state index in [1.165, 1.54) is 4.88 Å². The lowest BCUT2D eigenvalue weighted by Crippen LogP contribution is -2.37. The molecule has 118 valence electrons. The van der Waals surface area contributed by atoms with E-state index in [0.29, 0.717) is 6.54 Å². The number of hydrogen-bond donors (Lipinski definition) is 2. The van der Waals surface area contributed by atoms with Crippen LogP contribution in [0.25, 0.3) is 0 Å². The van der Waals surface area contributed by atoms with Crippen LogP contribution in [-0.4, -0.2) is 25.1 Å². The van der Waals surface area contributed by atoms with Crippen LogP contribution in [0.5, 0.6) is 0 Å². The predicted octanol–water partition coefficient (Wildman–Crippen LogP) is 3.16. The van der Waals surface area contributed by atoms with Crippen molar-refractivity contribution in [2.75, 3.05) is 19.0 Å². The topological polar surface area (TPSA) is 57.3 Å². The SMILES string of the molecule is CCC(NC(=O)NCc1cccc(N(C)C)n1)c1cccs1. The summed E-state index contributed by atoms with van der Waals surface area (Å²) in [6.07, 6.45) is 0.863. The number of carbonyl (C=O) groups is 1. The Morgan fingerprint density at radius 1 is 1.32 bits per heavy atom. The van der Waals surface area contributed by atoms with Crippen LogP contribution in [0.15, 0.2) is 35.7 Å². The minimum absolute atomic E-state index is 0.0565. The molecular formula is C16H22N4OS. The Hall–Kier alpha value is -2.08. The van der Waals surface area contributed by atoms with Crippen molar-refractivity contribution in [3.63, 3.8) is 0 Å². The monoisotopic (exact) mass is 318 g/mol. The third-order valence-corrected chi connectivity index (χ3v) is 4.27. The van der Waals surface area contributed by atoms with Crippen molar-refractivity contribution in [2.24, 2.45) is 0 Å². The van der Waals surface area contributed by atoms with Crippen molar-refractivity contribution in [2.45, 2.75) is 25.9 Å². The summed E-state index contributed by atoms with van der Waals surface area (Å²) in [5, 5.41) is 7.89. The summed E-state index contributed by atoms with van der Waals surface area (Å²) in [5.74, 6) is 0.879. The predicted molar refractivity (Wildman–Crippen MR) is 91.3 cm³/mol. The van der Waals surface area contributed by atoms with Crippen LogP contribution in [0, 0.1) is 0 Å². The molecule has 0 radical (unpaired) electrons. The summed E-state index contributed by atoms with van der Waals surface area (Å²) in [7, 11) is 3.89. The van der Waals surface area contributed by atoms with E-state index in [2.05, 4.69) is 22.5 Å². The molecule has 2 aromatic rings. The quantitative estimate of drug-likeness (QED) is 0.860. The second kappa shape index (κ2) is 7.79. The summed E-state index contributed by atoms with van der Waals surface area (Å²) >= 11 is 1.66. The first-order valence-electron chi connectivity index (χ1n) is 7.31. The summed E-state index contributed by atoms with van der Waals surface area (Å²) in [6.45, 7) is 2.47. The molecule has 1 atom stereocenters. The van der Waals surface area contributed by atoms with Gasteiger partial charge in [0, 0.05) is 19.0 Å². The van der Waals surface area contributed by atoms with E-state index in [1.807, 2.05) is 54.7 Å².